The summed E-state index contributed by atoms with van der Waals surface area (Å²) < 4.78 is 5.15. The average Bonchev–Trinajstić information content (AvgIpc) is 3.07. The van der Waals surface area contributed by atoms with E-state index in [1.54, 1.807) is 0 Å². The van der Waals surface area contributed by atoms with Crippen LogP contribution in [-0.2, 0) is 9.53 Å². The molecule has 0 aromatic rings. The lowest BCUT2D eigenvalue weighted by atomic mass is 9.64. The van der Waals surface area contributed by atoms with Gasteiger partial charge in [0.15, 0.2) is 0 Å². The van der Waals surface area contributed by atoms with E-state index >= 15 is 0 Å². The first-order valence-electron chi connectivity index (χ1n) is 10.6. The molecule has 0 bridgehead atoms. The molecule has 0 radical (unpaired) electrons. The Morgan fingerprint density at radius 3 is 2.58 bits per heavy atom. The van der Waals surface area contributed by atoms with Crippen LogP contribution in [0.25, 0.3) is 0 Å². The fourth-order valence-corrected chi connectivity index (χ4v) is 5.61. The molecular formula is C20H33N3O3. The van der Waals surface area contributed by atoms with Crippen molar-refractivity contribution >= 4 is 12.0 Å². The van der Waals surface area contributed by atoms with Gasteiger partial charge in [-0.2, -0.15) is 0 Å². The smallest absolute Gasteiger partial charge is 0.409 e. The molecule has 6 heteroatoms. The molecule has 0 N–H and O–H groups in total. The number of piperidine rings is 2. The van der Waals surface area contributed by atoms with E-state index in [1.165, 1.54) is 19.3 Å². The summed E-state index contributed by atoms with van der Waals surface area (Å²) >= 11 is 0. The van der Waals surface area contributed by atoms with Crippen LogP contribution in [0.2, 0.25) is 0 Å². The Bertz CT molecular complexity index is 538. The first-order valence-corrected chi connectivity index (χ1v) is 10.6. The predicted octanol–water partition coefficient (Wildman–Crippen LogP) is 2.47. The lowest BCUT2D eigenvalue weighted by molar-refractivity contribution is -0.137. The van der Waals surface area contributed by atoms with E-state index in [0.717, 1.165) is 64.8 Å². The Morgan fingerprint density at radius 2 is 1.88 bits per heavy atom. The van der Waals surface area contributed by atoms with Gasteiger partial charge >= 0.3 is 6.09 Å². The highest BCUT2D eigenvalue weighted by molar-refractivity contribution is 5.77. The number of rotatable bonds is 3. The molecule has 146 valence electrons. The standard InChI is InChI=1S/C20H33N3O3/c1-2-26-19(25)22-12-8-20(15-22)13-17(14-20)21-10-6-16(7-11-21)23-9-4-3-5-18(23)24/h16-17H,2-15H2,1H3. The van der Waals surface area contributed by atoms with Crippen molar-refractivity contribution in [1.82, 2.24) is 14.7 Å². The van der Waals surface area contributed by atoms with Crippen molar-refractivity contribution in [2.24, 2.45) is 5.41 Å². The second kappa shape index (κ2) is 7.37. The van der Waals surface area contributed by atoms with E-state index < -0.39 is 0 Å². The highest BCUT2D eigenvalue weighted by Crippen LogP contribution is 2.50. The van der Waals surface area contributed by atoms with E-state index in [0.29, 0.717) is 30.0 Å². The lowest BCUT2D eigenvalue weighted by Crippen LogP contribution is -2.56. The number of carbonyl (C=O) groups excluding carboxylic acids is 2. The molecule has 2 amide bonds. The summed E-state index contributed by atoms with van der Waals surface area (Å²) in [7, 11) is 0. The van der Waals surface area contributed by atoms with E-state index in [-0.39, 0.29) is 6.09 Å². The largest absolute Gasteiger partial charge is 0.450 e. The zero-order valence-corrected chi connectivity index (χ0v) is 16.1. The summed E-state index contributed by atoms with van der Waals surface area (Å²) in [6.07, 6.45) is 8.68. The zero-order chi connectivity index (χ0) is 18.1. The molecule has 4 fully saturated rings. The first-order chi connectivity index (χ1) is 12.6. The van der Waals surface area contributed by atoms with Gasteiger partial charge in [-0.15, -0.1) is 0 Å². The van der Waals surface area contributed by atoms with Gasteiger partial charge < -0.3 is 19.4 Å². The third kappa shape index (κ3) is 3.45. The number of hydrogen-bond acceptors (Lipinski definition) is 4. The maximum Gasteiger partial charge on any atom is 0.409 e. The van der Waals surface area contributed by atoms with E-state index in [4.69, 9.17) is 4.74 Å². The Hall–Kier alpha value is -1.30. The molecule has 4 aliphatic rings. The van der Waals surface area contributed by atoms with Gasteiger partial charge in [0.25, 0.3) is 0 Å². The molecule has 3 heterocycles. The van der Waals surface area contributed by atoms with Gasteiger partial charge in [0.1, 0.15) is 0 Å². The third-order valence-electron chi connectivity index (χ3n) is 7.12. The summed E-state index contributed by atoms with van der Waals surface area (Å²) in [6.45, 7) is 7.27. The van der Waals surface area contributed by atoms with Gasteiger partial charge in [-0.3, -0.25) is 4.79 Å². The number of amides is 2. The van der Waals surface area contributed by atoms with E-state index in [9.17, 15) is 9.59 Å². The third-order valence-corrected chi connectivity index (χ3v) is 7.12. The van der Waals surface area contributed by atoms with Crippen molar-refractivity contribution in [2.45, 2.75) is 70.4 Å². The van der Waals surface area contributed by atoms with Crippen LogP contribution in [0.15, 0.2) is 0 Å². The second-order valence-corrected chi connectivity index (χ2v) is 8.74. The number of hydrogen-bond donors (Lipinski definition) is 0. The number of carbonyl (C=O) groups is 2. The summed E-state index contributed by atoms with van der Waals surface area (Å²) in [5, 5.41) is 0. The van der Waals surface area contributed by atoms with Crippen molar-refractivity contribution in [3.8, 4) is 0 Å². The summed E-state index contributed by atoms with van der Waals surface area (Å²) in [5.41, 5.74) is 0.344. The molecule has 1 aliphatic carbocycles. The molecule has 0 unspecified atom stereocenters. The second-order valence-electron chi connectivity index (χ2n) is 8.74. The minimum absolute atomic E-state index is 0.139. The molecule has 0 atom stereocenters. The monoisotopic (exact) mass is 363 g/mol. The molecule has 1 spiro atoms. The van der Waals surface area contributed by atoms with Crippen molar-refractivity contribution < 1.29 is 14.3 Å². The van der Waals surface area contributed by atoms with Gasteiger partial charge in [-0.1, -0.05) is 0 Å². The fraction of sp³-hybridized carbons (Fsp3) is 0.900. The van der Waals surface area contributed by atoms with E-state index in [2.05, 4.69) is 9.80 Å². The van der Waals surface area contributed by atoms with Crippen LogP contribution in [0.3, 0.4) is 0 Å². The van der Waals surface area contributed by atoms with Crippen LogP contribution in [0.1, 0.15) is 58.3 Å². The summed E-state index contributed by atoms with van der Waals surface area (Å²) in [4.78, 5) is 30.8. The molecular weight excluding hydrogens is 330 g/mol. The highest BCUT2D eigenvalue weighted by atomic mass is 16.6. The van der Waals surface area contributed by atoms with E-state index in [1.807, 2.05) is 11.8 Å². The van der Waals surface area contributed by atoms with Crippen LogP contribution in [-0.4, -0.2) is 78.1 Å². The maximum absolute atomic E-state index is 12.1. The molecule has 3 saturated heterocycles. The quantitative estimate of drug-likeness (QED) is 0.773. The Kier molecular flexibility index (Phi) is 5.13. The topological polar surface area (TPSA) is 53.1 Å². The molecule has 3 aliphatic heterocycles. The van der Waals surface area contributed by atoms with Crippen molar-refractivity contribution in [3.05, 3.63) is 0 Å². The Balaban J connectivity index is 1.22. The number of nitrogens with zero attached hydrogens (tertiary/aromatic N) is 3. The lowest BCUT2D eigenvalue weighted by Gasteiger charge is -2.52. The van der Waals surface area contributed by atoms with Crippen LogP contribution < -0.4 is 0 Å². The zero-order valence-electron chi connectivity index (χ0n) is 16.1. The molecule has 0 aromatic carbocycles. The molecule has 26 heavy (non-hydrogen) atoms. The van der Waals surface area contributed by atoms with Crippen LogP contribution in [0.5, 0.6) is 0 Å². The van der Waals surface area contributed by atoms with Crippen molar-refractivity contribution in [2.75, 3.05) is 39.3 Å². The highest BCUT2D eigenvalue weighted by Gasteiger charge is 2.51. The van der Waals surface area contributed by atoms with Gasteiger partial charge in [0, 0.05) is 51.2 Å². The maximum atomic E-state index is 12.1. The minimum Gasteiger partial charge on any atom is -0.450 e. The van der Waals surface area contributed by atoms with Crippen LogP contribution in [0, 0.1) is 5.41 Å². The van der Waals surface area contributed by atoms with Gasteiger partial charge in [-0.05, 0) is 57.3 Å². The molecule has 4 rings (SSSR count). The van der Waals surface area contributed by atoms with Crippen LogP contribution >= 0.6 is 0 Å². The fourth-order valence-electron chi connectivity index (χ4n) is 5.61. The molecule has 0 aromatic heterocycles. The van der Waals surface area contributed by atoms with Crippen molar-refractivity contribution in [1.29, 1.82) is 0 Å². The average molecular weight is 364 g/mol. The Morgan fingerprint density at radius 1 is 1.12 bits per heavy atom. The summed E-state index contributed by atoms with van der Waals surface area (Å²) in [6, 6.07) is 1.15. The van der Waals surface area contributed by atoms with Gasteiger partial charge in [0.05, 0.1) is 6.61 Å². The number of ether oxygens (including phenoxy) is 1. The van der Waals surface area contributed by atoms with Gasteiger partial charge in [0.2, 0.25) is 5.91 Å². The normalized spacial score (nSPS) is 33.6. The SMILES string of the molecule is CCOC(=O)N1CCC2(CC(N3CCC(N4CCCCC4=O)CC3)C2)C1. The van der Waals surface area contributed by atoms with Crippen LogP contribution in [0.4, 0.5) is 4.79 Å². The molecule has 6 nitrogen and oxygen atoms in total. The Labute approximate surface area is 156 Å². The minimum atomic E-state index is -0.139. The number of likely N-dealkylation sites (tertiary alicyclic amines) is 3. The first kappa shape index (κ1) is 18.1. The molecule has 1 saturated carbocycles. The summed E-state index contributed by atoms with van der Waals surface area (Å²) in [5.74, 6) is 0.377. The van der Waals surface area contributed by atoms with Crippen molar-refractivity contribution in [3.63, 3.8) is 0 Å². The predicted molar refractivity (Wildman–Crippen MR) is 98.8 cm³/mol. The van der Waals surface area contributed by atoms with Gasteiger partial charge in [-0.25, -0.2) is 4.79 Å².